The summed E-state index contributed by atoms with van der Waals surface area (Å²) in [5.41, 5.74) is 0.811. The van der Waals surface area contributed by atoms with Crippen LogP contribution in [0.2, 0.25) is 0 Å². The molecule has 2 aromatic rings. The van der Waals surface area contributed by atoms with Crippen LogP contribution in [0.1, 0.15) is 39.0 Å². The highest BCUT2D eigenvalue weighted by Gasteiger charge is 2.21. The van der Waals surface area contributed by atoms with Crippen molar-refractivity contribution in [3.8, 4) is 17.1 Å². The molecule has 146 valence electrons. The number of carboxylic acids is 1. The van der Waals surface area contributed by atoms with Gasteiger partial charge in [0.05, 0.1) is 7.11 Å². The minimum Gasteiger partial charge on any atom is -0.497 e. The molecule has 0 radical (unpaired) electrons. The summed E-state index contributed by atoms with van der Waals surface area (Å²) in [6.07, 6.45) is 1.90. The molecule has 0 aliphatic heterocycles. The number of benzene rings is 1. The molecule has 1 atom stereocenters. The summed E-state index contributed by atoms with van der Waals surface area (Å²) in [4.78, 5) is 29.1. The molecule has 0 bridgehead atoms. The standard InChI is InChI=1S/C19H25N3O5/c1-4-13(2)22(12-18(24)25)17(23)7-5-6-16-20-19(21-27-16)14-8-10-15(26-3)11-9-14/h8-11,13H,4-7,12H2,1-3H3,(H,24,25). The van der Waals surface area contributed by atoms with E-state index in [1.807, 2.05) is 38.1 Å². The molecule has 2 rings (SSSR count). The van der Waals surface area contributed by atoms with Crippen molar-refractivity contribution in [1.29, 1.82) is 0 Å². The number of rotatable bonds is 10. The summed E-state index contributed by atoms with van der Waals surface area (Å²) in [6.45, 7) is 3.49. The Balaban J connectivity index is 1.90. The van der Waals surface area contributed by atoms with Gasteiger partial charge in [0.25, 0.3) is 0 Å². The van der Waals surface area contributed by atoms with Crippen molar-refractivity contribution in [2.75, 3.05) is 13.7 Å². The first kappa shape index (κ1) is 20.4. The summed E-state index contributed by atoms with van der Waals surface area (Å²) in [6, 6.07) is 7.20. The number of methoxy groups -OCH3 is 1. The SMILES string of the molecule is CCC(C)N(CC(=O)O)C(=O)CCCc1nc(-c2ccc(OC)cc2)no1. The van der Waals surface area contributed by atoms with Gasteiger partial charge in [0.2, 0.25) is 17.6 Å². The summed E-state index contributed by atoms with van der Waals surface area (Å²) in [5.74, 6) is 0.479. The zero-order valence-corrected chi connectivity index (χ0v) is 15.8. The van der Waals surface area contributed by atoms with Crippen LogP contribution in [0.15, 0.2) is 28.8 Å². The van der Waals surface area contributed by atoms with Gasteiger partial charge in [-0.25, -0.2) is 0 Å². The van der Waals surface area contributed by atoms with Crippen molar-refractivity contribution in [1.82, 2.24) is 15.0 Å². The normalized spacial score (nSPS) is 11.8. The molecule has 1 amide bonds. The Morgan fingerprint density at radius 3 is 2.59 bits per heavy atom. The van der Waals surface area contributed by atoms with Crippen LogP contribution in [0, 0.1) is 0 Å². The molecule has 1 aromatic heterocycles. The molecule has 0 saturated heterocycles. The molecule has 1 aromatic carbocycles. The number of amides is 1. The topological polar surface area (TPSA) is 106 Å². The third kappa shape index (κ3) is 5.80. The number of aryl methyl sites for hydroxylation is 1. The maximum absolute atomic E-state index is 12.3. The second-order valence-electron chi connectivity index (χ2n) is 6.27. The van der Waals surface area contributed by atoms with Crippen LogP contribution >= 0.6 is 0 Å². The number of carbonyl (C=O) groups is 2. The maximum Gasteiger partial charge on any atom is 0.323 e. The summed E-state index contributed by atoms with van der Waals surface area (Å²) >= 11 is 0. The fourth-order valence-electron chi connectivity index (χ4n) is 2.60. The average molecular weight is 375 g/mol. The Morgan fingerprint density at radius 1 is 1.30 bits per heavy atom. The number of hydrogen-bond acceptors (Lipinski definition) is 6. The van der Waals surface area contributed by atoms with Gasteiger partial charge in [0.1, 0.15) is 12.3 Å². The molecule has 8 nitrogen and oxygen atoms in total. The van der Waals surface area contributed by atoms with E-state index in [9.17, 15) is 9.59 Å². The van der Waals surface area contributed by atoms with Crippen molar-refractivity contribution in [3.63, 3.8) is 0 Å². The van der Waals surface area contributed by atoms with Gasteiger partial charge in [0.15, 0.2) is 0 Å². The van der Waals surface area contributed by atoms with E-state index in [4.69, 9.17) is 14.4 Å². The van der Waals surface area contributed by atoms with Gasteiger partial charge in [-0.05, 0) is 44.0 Å². The van der Waals surface area contributed by atoms with Crippen LogP contribution in [0.3, 0.4) is 0 Å². The van der Waals surface area contributed by atoms with Crippen LogP contribution < -0.4 is 4.74 Å². The third-order valence-electron chi connectivity index (χ3n) is 4.35. The molecule has 1 heterocycles. The molecule has 8 heteroatoms. The molecule has 0 saturated carbocycles. The fourth-order valence-corrected chi connectivity index (χ4v) is 2.60. The quantitative estimate of drug-likeness (QED) is 0.680. The monoisotopic (exact) mass is 375 g/mol. The molecule has 0 aliphatic rings. The lowest BCUT2D eigenvalue weighted by Crippen LogP contribution is -2.41. The van der Waals surface area contributed by atoms with Crippen LogP contribution in [0.5, 0.6) is 5.75 Å². The highest BCUT2D eigenvalue weighted by molar-refractivity contribution is 5.81. The molecule has 0 aliphatic carbocycles. The highest BCUT2D eigenvalue weighted by Crippen LogP contribution is 2.20. The van der Waals surface area contributed by atoms with Crippen LogP contribution in [0.25, 0.3) is 11.4 Å². The minimum atomic E-state index is -1.01. The van der Waals surface area contributed by atoms with Gasteiger partial charge < -0.3 is 19.3 Å². The fraction of sp³-hybridized carbons (Fsp3) is 0.474. The Kier molecular flexibility index (Phi) is 7.34. The summed E-state index contributed by atoms with van der Waals surface area (Å²) < 4.78 is 10.4. The number of hydrogen-bond donors (Lipinski definition) is 1. The van der Waals surface area contributed by atoms with E-state index < -0.39 is 5.97 Å². The van der Waals surface area contributed by atoms with Gasteiger partial charge in [-0.15, -0.1) is 0 Å². The number of ether oxygens (including phenoxy) is 1. The molecule has 1 unspecified atom stereocenters. The first-order chi connectivity index (χ1) is 12.9. The number of aliphatic carboxylic acids is 1. The number of nitrogens with zero attached hydrogens (tertiary/aromatic N) is 3. The smallest absolute Gasteiger partial charge is 0.323 e. The lowest BCUT2D eigenvalue weighted by Gasteiger charge is -2.26. The first-order valence-corrected chi connectivity index (χ1v) is 8.92. The highest BCUT2D eigenvalue weighted by atomic mass is 16.5. The Labute approximate surface area is 158 Å². The van der Waals surface area contributed by atoms with Gasteiger partial charge in [-0.3, -0.25) is 9.59 Å². The van der Waals surface area contributed by atoms with Crippen molar-refractivity contribution in [2.45, 2.75) is 45.6 Å². The van der Waals surface area contributed by atoms with Crippen molar-refractivity contribution in [3.05, 3.63) is 30.2 Å². The lowest BCUT2D eigenvalue weighted by molar-refractivity contribution is -0.146. The Bertz CT molecular complexity index is 757. The van der Waals surface area contributed by atoms with Gasteiger partial charge in [-0.2, -0.15) is 4.98 Å². The predicted molar refractivity (Wildman–Crippen MR) is 98.3 cm³/mol. The Morgan fingerprint density at radius 2 is 2.00 bits per heavy atom. The van der Waals surface area contributed by atoms with Crippen LogP contribution in [-0.2, 0) is 16.0 Å². The van der Waals surface area contributed by atoms with Gasteiger partial charge in [0, 0.05) is 24.4 Å². The Hall–Kier alpha value is -2.90. The molecular formula is C19H25N3O5. The number of carboxylic acid groups (broad SMARTS) is 1. The van der Waals surface area contributed by atoms with Crippen molar-refractivity contribution in [2.24, 2.45) is 0 Å². The summed E-state index contributed by atoms with van der Waals surface area (Å²) in [5, 5.41) is 12.9. The predicted octanol–water partition coefficient (Wildman–Crippen LogP) is 2.78. The molecule has 0 fully saturated rings. The second kappa shape index (κ2) is 9.70. The third-order valence-corrected chi connectivity index (χ3v) is 4.35. The molecule has 1 N–H and O–H groups in total. The zero-order valence-electron chi connectivity index (χ0n) is 15.8. The van der Waals surface area contributed by atoms with E-state index in [0.29, 0.717) is 31.0 Å². The largest absolute Gasteiger partial charge is 0.497 e. The molecule has 0 spiro atoms. The number of aromatic nitrogens is 2. The van der Waals surface area contributed by atoms with E-state index in [0.717, 1.165) is 11.3 Å². The zero-order chi connectivity index (χ0) is 19.8. The van der Waals surface area contributed by atoms with E-state index in [-0.39, 0.29) is 24.9 Å². The van der Waals surface area contributed by atoms with Crippen LogP contribution in [-0.4, -0.2) is 51.7 Å². The van der Waals surface area contributed by atoms with Gasteiger partial charge >= 0.3 is 5.97 Å². The average Bonchev–Trinajstić information content (AvgIpc) is 3.14. The molecular weight excluding hydrogens is 350 g/mol. The number of carbonyl (C=O) groups excluding carboxylic acids is 1. The van der Waals surface area contributed by atoms with E-state index >= 15 is 0 Å². The summed E-state index contributed by atoms with van der Waals surface area (Å²) in [7, 11) is 1.60. The van der Waals surface area contributed by atoms with E-state index in [1.54, 1.807) is 7.11 Å². The first-order valence-electron chi connectivity index (χ1n) is 8.92. The van der Waals surface area contributed by atoms with E-state index in [1.165, 1.54) is 4.90 Å². The minimum absolute atomic E-state index is 0.112. The van der Waals surface area contributed by atoms with Gasteiger partial charge in [-0.1, -0.05) is 12.1 Å². The van der Waals surface area contributed by atoms with Crippen molar-refractivity contribution < 1.29 is 24.0 Å². The second-order valence-corrected chi connectivity index (χ2v) is 6.27. The lowest BCUT2D eigenvalue weighted by atomic mass is 10.1. The van der Waals surface area contributed by atoms with E-state index in [2.05, 4.69) is 10.1 Å². The maximum atomic E-state index is 12.3. The molecule has 27 heavy (non-hydrogen) atoms. The van der Waals surface area contributed by atoms with Crippen molar-refractivity contribution >= 4 is 11.9 Å². The van der Waals surface area contributed by atoms with Crippen LogP contribution in [0.4, 0.5) is 0 Å².